The normalized spacial score (nSPS) is 10.5. The highest BCUT2D eigenvalue weighted by Crippen LogP contribution is 2.28. The lowest BCUT2D eigenvalue weighted by atomic mass is 10.1. The summed E-state index contributed by atoms with van der Waals surface area (Å²) in [7, 11) is 1.57. The number of carbonyl (C=O) groups excluding carboxylic acids is 2. The molecule has 2 aromatic carbocycles. The van der Waals surface area contributed by atoms with Crippen LogP contribution in [0.5, 0.6) is 17.2 Å². The molecule has 0 saturated carbocycles. The second-order valence-electron chi connectivity index (χ2n) is 6.87. The van der Waals surface area contributed by atoms with E-state index in [1.54, 1.807) is 43.5 Å². The minimum Gasteiger partial charge on any atom is -0.497 e. The molecule has 1 N–H and O–H groups in total. The molecule has 0 radical (unpaired) electrons. The highest BCUT2D eigenvalue weighted by atomic mass is 35.5. The van der Waals surface area contributed by atoms with Gasteiger partial charge in [-0.05, 0) is 50.2 Å². The Labute approximate surface area is 196 Å². The van der Waals surface area contributed by atoms with Crippen LogP contribution in [0.2, 0.25) is 5.15 Å². The molecule has 9 heteroatoms. The molecule has 0 fully saturated rings. The first-order valence-corrected chi connectivity index (χ1v) is 10.8. The average molecular weight is 473 g/mol. The van der Waals surface area contributed by atoms with E-state index in [1.807, 2.05) is 19.9 Å². The summed E-state index contributed by atoms with van der Waals surface area (Å²) in [6.07, 6.45) is 0. The predicted molar refractivity (Wildman–Crippen MR) is 124 cm³/mol. The van der Waals surface area contributed by atoms with Gasteiger partial charge in [0.15, 0.2) is 11.5 Å². The van der Waals surface area contributed by atoms with Crippen LogP contribution in [0.15, 0.2) is 42.5 Å². The number of fused-ring (bicyclic) bond motifs is 1. The van der Waals surface area contributed by atoms with Gasteiger partial charge in [0.25, 0.3) is 5.91 Å². The summed E-state index contributed by atoms with van der Waals surface area (Å²) in [5, 5.41) is 3.60. The molecule has 8 nitrogen and oxygen atoms in total. The molecule has 1 aromatic heterocycles. The van der Waals surface area contributed by atoms with Gasteiger partial charge in [0.1, 0.15) is 24.1 Å². The Kier molecular flexibility index (Phi) is 8.32. The standard InChI is InChI=1S/C24H25ClN2O6/c1-4-31-20-9-7-16(11-21(20)32-5-2)24(29)26-13-22(28)33-14-17-10-15-6-8-18(30-3)12-19(15)27-23(17)25/h6-12H,4-5,13-14H2,1-3H3,(H,26,29). The Morgan fingerprint density at radius 2 is 1.76 bits per heavy atom. The molecule has 1 amide bonds. The van der Waals surface area contributed by atoms with E-state index in [2.05, 4.69) is 10.3 Å². The van der Waals surface area contributed by atoms with Crippen molar-refractivity contribution in [3.05, 3.63) is 58.7 Å². The van der Waals surface area contributed by atoms with Crippen molar-refractivity contribution in [1.29, 1.82) is 0 Å². The third-order valence-electron chi connectivity index (χ3n) is 4.64. The van der Waals surface area contributed by atoms with Crippen LogP contribution in [0.25, 0.3) is 10.9 Å². The summed E-state index contributed by atoms with van der Waals surface area (Å²) in [6, 6.07) is 12.0. The smallest absolute Gasteiger partial charge is 0.325 e. The maximum Gasteiger partial charge on any atom is 0.325 e. The number of ether oxygens (including phenoxy) is 4. The SMILES string of the molecule is CCOc1ccc(C(=O)NCC(=O)OCc2cc3ccc(OC)cc3nc2Cl)cc1OCC. The van der Waals surface area contributed by atoms with Gasteiger partial charge in [-0.15, -0.1) is 0 Å². The Hall–Kier alpha value is -3.52. The predicted octanol–water partition coefficient (Wildman–Crippen LogP) is 4.17. The number of methoxy groups -OCH3 is 1. The number of rotatable bonds is 10. The van der Waals surface area contributed by atoms with Gasteiger partial charge in [0.2, 0.25) is 0 Å². The molecule has 0 aliphatic rings. The van der Waals surface area contributed by atoms with E-state index in [0.29, 0.717) is 47.1 Å². The zero-order chi connectivity index (χ0) is 23.8. The number of benzene rings is 2. The van der Waals surface area contributed by atoms with E-state index in [4.69, 9.17) is 30.5 Å². The van der Waals surface area contributed by atoms with Crippen molar-refractivity contribution < 1.29 is 28.5 Å². The van der Waals surface area contributed by atoms with Crippen LogP contribution in [-0.4, -0.2) is 43.7 Å². The van der Waals surface area contributed by atoms with Gasteiger partial charge in [0, 0.05) is 22.6 Å². The van der Waals surface area contributed by atoms with Gasteiger partial charge < -0.3 is 24.3 Å². The van der Waals surface area contributed by atoms with Gasteiger partial charge >= 0.3 is 5.97 Å². The number of hydrogen-bond donors (Lipinski definition) is 1. The minimum atomic E-state index is -0.606. The second kappa shape index (κ2) is 11.4. The summed E-state index contributed by atoms with van der Waals surface area (Å²) in [5.41, 5.74) is 1.57. The van der Waals surface area contributed by atoms with Crippen LogP contribution in [-0.2, 0) is 16.1 Å². The van der Waals surface area contributed by atoms with Crippen molar-refractivity contribution in [2.75, 3.05) is 26.9 Å². The first-order valence-electron chi connectivity index (χ1n) is 10.4. The number of esters is 1. The molecule has 0 atom stereocenters. The molecule has 1 heterocycles. The van der Waals surface area contributed by atoms with Crippen LogP contribution < -0.4 is 19.5 Å². The Morgan fingerprint density at radius 3 is 2.48 bits per heavy atom. The lowest BCUT2D eigenvalue weighted by Gasteiger charge is -2.12. The van der Waals surface area contributed by atoms with Crippen molar-refractivity contribution in [2.45, 2.75) is 20.5 Å². The molecular formula is C24H25ClN2O6. The van der Waals surface area contributed by atoms with Crippen LogP contribution in [0, 0.1) is 0 Å². The summed E-state index contributed by atoms with van der Waals surface area (Å²) in [6.45, 7) is 4.23. The highest BCUT2D eigenvalue weighted by molar-refractivity contribution is 6.30. The fourth-order valence-electron chi connectivity index (χ4n) is 3.05. The van der Waals surface area contributed by atoms with Gasteiger partial charge in [-0.2, -0.15) is 0 Å². The number of carbonyl (C=O) groups is 2. The third-order valence-corrected chi connectivity index (χ3v) is 4.97. The van der Waals surface area contributed by atoms with Crippen LogP contribution in [0.4, 0.5) is 0 Å². The quantitative estimate of drug-likeness (QED) is 0.349. The number of pyridine rings is 1. The Bertz CT molecular complexity index is 1150. The molecule has 0 bridgehead atoms. The zero-order valence-electron chi connectivity index (χ0n) is 18.6. The van der Waals surface area contributed by atoms with Crippen molar-refractivity contribution >= 4 is 34.4 Å². The van der Waals surface area contributed by atoms with Crippen LogP contribution in [0.1, 0.15) is 29.8 Å². The molecule has 0 spiro atoms. The van der Waals surface area contributed by atoms with Gasteiger partial charge in [-0.25, -0.2) is 4.98 Å². The van der Waals surface area contributed by atoms with E-state index in [-0.39, 0.29) is 18.3 Å². The minimum absolute atomic E-state index is 0.0694. The summed E-state index contributed by atoms with van der Waals surface area (Å²) < 4.78 is 21.5. The summed E-state index contributed by atoms with van der Waals surface area (Å²) in [5.74, 6) is 0.641. The molecule has 0 aliphatic carbocycles. The highest BCUT2D eigenvalue weighted by Gasteiger charge is 2.14. The van der Waals surface area contributed by atoms with E-state index >= 15 is 0 Å². The van der Waals surface area contributed by atoms with Crippen molar-refractivity contribution in [3.8, 4) is 17.2 Å². The van der Waals surface area contributed by atoms with Crippen molar-refractivity contribution in [1.82, 2.24) is 10.3 Å². The molecule has 3 aromatic rings. The molecule has 0 saturated heterocycles. The number of amides is 1. The monoisotopic (exact) mass is 472 g/mol. The topological polar surface area (TPSA) is 96.0 Å². The Morgan fingerprint density at radius 1 is 1.00 bits per heavy atom. The lowest BCUT2D eigenvalue weighted by Crippen LogP contribution is -2.30. The molecule has 0 unspecified atom stereocenters. The van der Waals surface area contributed by atoms with Crippen molar-refractivity contribution in [3.63, 3.8) is 0 Å². The fraction of sp³-hybridized carbons (Fsp3) is 0.292. The second-order valence-corrected chi connectivity index (χ2v) is 7.23. The van der Waals surface area contributed by atoms with E-state index < -0.39 is 11.9 Å². The maximum atomic E-state index is 12.4. The van der Waals surface area contributed by atoms with E-state index in [0.717, 1.165) is 5.39 Å². The third kappa shape index (κ3) is 6.26. The van der Waals surface area contributed by atoms with Gasteiger partial charge in [-0.3, -0.25) is 9.59 Å². The number of halogens is 1. The number of nitrogens with one attached hydrogen (secondary N) is 1. The van der Waals surface area contributed by atoms with Crippen LogP contribution in [0.3, 0.4) is 0 Å². The number of nitrogens with zero attached hydrogens (tertiary/aromatic N) is 1. The maximum absolute atomic E-state index is 12.4. The number of aromatic nitrogens is 1. The first-order chi connectivity index (χ1) is 15.9. The lowest BCUT2D eigenvalue weighted by molar-refractivity contribution is -0.143. The Balaban J connectivity index is 1.57. The first kappa shape index (κ1) is 24.1. The largest absolute Gasteiger partial charge is 0.497 e. The molecule has 33 heavy (non-hydrogen) atoms. The van der Waals surface area contributed by atoms with E-state index in [9.17, 15) is 9.59 Å². The summed E-state index contributed by atoms with van der Waals surface area (Å²) >= 11 is 6.23. The fourth-order valence-corrected chi connectivity index (χ4v) is 3.25. The van der Waals surface area contributed by atoms with Crippen LogP contribution >= 0.6 is 11.6 Å². The number of hydrogen-bond acceptors (Lipinski definition) is 7. The summed E-state index contributed by atoms with van der Waals surface area (Å²) in [4.78, 5) is 28.9. The molecule has 0 aliphatic heterocycles. The zero-order valence-corrected chi connectivity index (χ0v) is 19.4. The van der Waals surface area contributed by atoms with Gasteiger partial charge in [0.05, 0.1) is 25.8 Å². The molecule has 3 rings (SSSR count). The molecular weight excluding hydrogens is 448 g/mol. The van der Waals surface area contributed by atoms with E-state index in [1.165, 1.54) is 0 Å². The average Bonchev–Trinajstić information content (AvgIpc) is 2.82. The van der Waals surface area contributed by atoms with Gasteiger partial charge in [-0.1, -0.05) is 11.6 Å². The molecule has 174 valence electrons. The van der Waals surface area contributed by atoms with Crippen molar-refractivity contribution in [2.24, 2.45) is 0 Å².